The first-order chi connectivity index (χ1) is 15.1. The Morgan fingerprint density at radius 1 is 1.03 bits per heavy atom. The first-order valence-electron chi connectivity index (χ1n) is 10.1. The highest BCUT2D eigenvalue weighted by Gasteiger charge is 2.26. The number of benzene rings is 1. The van der Waals surface area contributed by atoms with E-state index in [9.17, 15) is 19.7 Å². The predicted octanol–water partition coefficient (Wildman–Crippen LogP) is 0.813. The standard InChI is InChI=1S/C18H26N4O4.C2H2O4/c1-3-20(4-2)11-12-21(13-17(23)19-15-7-8-15)18(24)14-5-9-16(10-6-14)22(25)26;3-1(4)2(5)6/h5-6,9-10,15H,3-4,7-8,11-13H2,1-2H3,(H,19,23);(H,3,4)(H,5,6). The van der Waals surface area contributed by atoms with Gasteiger partial charge in [0.1, 0.15) is 0 Å². The number of carbonyl (C=O) groups is 4. The number of hydrogen-bond acceptors (Lipinski definition) is 7. The fourth-order valence-corrected chi connectivity index (χ4v) is 2.64. The number of carboxylic acids is 2. The predicted molar refractivity (Wildman–Crippen MR) is 113 cm³/mol. The first-order valence-corrected chi connectivity index (χ1v) is 10.1. The third-order valence-electron chi connectivity index (χ3n) is 4.65. The summed E-state index contributed by atoms with van der Waals surface area (Å²) in [5.41, 5.74) is 0.275. The van der Waals surface area contributed by atoms with Gasteiger partial charge in [0.05, 0.1) is 11.5 Å². The van der Waals surface area contributed by atoms with Crippen LogP contribution in [0.2, 0.25) is 0 Å². The molecule has 0 aromatic heterocycles. The van der Waals surface area contributed by atoms with Crippen molar-refractivity contribution in [2.45, 2.75) is 32.7 Å². The van der Waals surface area contributed by atoms with Crippen LogP contribution >= 0.6 is 0 Å². The number of carboxylic acid groups (broad SMARTS) is 2. The minimum Gasteiger partial charge on any atom is -0.473 e. The van der Waals surface area contributed by atoms with E-state index in [1.807, 2.05) is 13.8 Å². The van der Waals surface area contributed by atoms with Crippen LogP contribution in [0.4, 0.5) is 5.69 Å². The molecule has 0 heterocycles. The van der Waals surface area contributed by atoms with E-state index in [1.54, 1.807) is 0 Å². The van der Waals surface area contributed by atoms with Gasteiger partial charge in [-0.2, -0.15) is 0 Å². The molecule has 0 bridgehead atoms. The van der Waals surface area contributed by atoms with Gasteiger partial charge < -0.3 is 25.3 Å². The van der Waals surface area contributed by atoms with E-state index in [0.717, 1.165) is 25.9 Å². The molecule has 2 amide bonds. The van der Waals surface area contributed by atoms with E-state index in [0.29, 0.717) is 18.7 Å². The van der Waals surface area contributed by atoms with E-state index in [4.69, 9.17) is 19.8 Å². The molecule has 0 atom stereocenters. The van der Waals surface area contributed by atoms with E-state index in [1.165, 1.54) is 29.2 Å². The summed E-state index contributed by atoms with van der Waals surface area (Å²) in [5, 5.41) is 28.4. The van der Waals surface area contributed by atoms with Gasteiger partial charge in [0.2, 0.25) is 5.91 Å². The average Bonchev–Trinajstić information content (AvgIpc) is 3.57. The Morgan fingerprint density at radius 2 is 1.56 bits per heavy atom. The van der Waals surface area contributed by atoms with E-state index in [-0.39, 0.29) is 30.1 Å². The number of nitrogens with zero attached hydrogens (tertiary/aromatic N) is 3. The minimum atomic E-state index is -1.82. The summed E-state index contributed by atoms with van der Waals surface area (Å²) in [7, 11) is 0. The van der Waals surface area contributed by atoms with E-state index < -0.39 is 16.9 Å². The molecule has 1 aromatic carbocycles. The number of nitrogens with one attached hydrogen (secondary N) is 1. The van der Waals surface area contributed by atoms with Crippen LogP contribution in [0.5, 0.6) is 0 Å². The molecule has 2 rings (SSSR count). The van der Waals surface area contributed by atoms with Crippen LogP contribution in [0.25, 0.3) is 0 Å². The molecule has 32 heavy (non-hydrogen) atoms. The van der Waals surface area contributed by atoms with Crippen molar-refractivity contribution in [3.63, 3.8) is 0 Å². The Bertz CT molecular complexity index is 807. The quantitative estimate of drug-likeness (QED) is 0.264. The Hall–Kier alpha value is -3.54. The summed E-state index contributed by atoms with van der Waals surface area (Å²) in [5.74, 6) is -4.11. The molecule has 0 spiro atoms. The number of nitro benzene ring substituents is 1. The smallest absolute Gasteiger partial charge is 0.414 e. The van der Waals surface area contributed by atoms with Gasteiger partial charge in [0.15, 0.2) is 0 Å². The van der Waals surface area contributed by atoms with Crippen LogP contribution in [0.1, 0.15) is 37.0 Å². The number of carbonyl (C=O) groups excluding carboxylic acids is 2. The van der Waals surface area contributed by atoms with Gasteiger partial charge in [-0.05, 0) is 38.1 Å². The molecule has 0 radical (unpaired) electrons. The van der Waals surface area contributed by atoms with Gasteiger partial charge in [-0.15, -0.1) is 0 Å². The fourth-order valence-electron chi connectivity index (χ4n) is 2.64. The average molecular weight is 452 g/mol. The van der Waals surface area contributed by atoms with Crippen molar-refractivity contribution >= 4 is 29.4 Å². The monoisotopic (exact) mass is 452 g/mol. The fraction of sp³-hybridized carbons (Fsp3) is 0.500. The summed E-state index contributed by atoms with van der Waals surface area (Å²) >= 11 is 0. The molecule has 1 aliphatic carbocycles. The van der Waals surface area contributed by atoms with Gasteiger partial charge in [0, 0.05) is 36.8 Å². The number of hydrogen-bond donors (Lipinski definition) is 3. The van der Waals surface area contributed by atoms with Crippen LogP contribution in [-0.4, -0.2) is 87.5 Å². The Balaban J connectivity index is 0.000000751. The molecule has 1 fully saturated rings. The molecule has 1 aliphatic rings. The second-order valence-corrected chi connectivity index (χ2v) is 7.01. The lowest BCUT2D eigenvalue weighted by molar-refractivity contribution is -0.384. The lowest BCUT2D eigenvalue weighted by atomic mass is 10.1. The van der Waals surface area contributed by atoms with Crippen molar-refractivity contribution in [1.29, 1.82) is 0 Å². The van der Waals surface area contributed by atoms with Gasteiger partial charge in [0.25, 0.3) is 11.6 Å². The van der Waals surface area contributed by atoms with Crippen molar-refractivity contribution < 1.29 is 34.3 Å². The molecular formula is C20H28N4O8. The molecule has 0 unspecified atom stereocenters. The van der Waals surface area contributed by atoms with Gasteiger partial charge >= 0.3 is 11.9 Å². The molecular weight excluding hydrogens is 424 g/mol. The Morgan fingerprint density at radius 3 is 1.97 bits per heavy atom. The number of likely N-dealkylation sites (N-methyl/N-ethyl adjacent to an activating group) is 1. The van der Waals surface area contributed by atoms with Crippen LogP contribution in [0.3, 0.4) is 0 Å². The number of non-ortho nitro benzene ring substituents is 1. The van der Waals surface area contributed by atoms with Crippen molar-refractivity contribution in [3.05, 3.63) is 39.9 Å². The maximum absolute atomic E-state index is 12.8. The van der Waals surface area contributed by atoms with Crippen molar-refractivity contribution in [2.24, 2.45) is 0 Å². The normalized spacial score (nSPS) is 12.3. The van der Waals surface area contributed by atoms with Crippen LogP contribution < -0.4 is 5.32 Å². The molecule has 12 nitrogen and oxygen atoms in total. The number of nitro groups is 1. The van der Waals surface area contributed by atoms with Crippen LogP contribution in [-0.2, 0) is 14.4 Å². The second-order valence-electron chi connectivity index (χ2n) is 7.01. The van der Waals surface area contributed by atoms with Crippen molar-refractivity contribution in [1.82, 2.24) is 15.1 Å². The number of amides is 2. The summed E-state index contributed by atoms with van der Waals surface area (Å²) in [6, 6.07) is 5.72. The second kappa shape index (κ2) is 13.0. The maximum Gasteiger partial charge on any atom is 0.414 e. The number of rotatable bonds is 10. The van der Waals surface area contributed by atoms with Crippen molar-refractivity contribution in [3.8, 4) is 0 Å². The number of aliphatic carboxylic acids is 2. The third kappa shape index (κ3) is 9.51. The SMILES string of the molecule is CCN(CC)CCN(CC(=O)NC1CC1)C(=O)c1ccc([N+](=O)[O-])cc1.O=C(O)C(=O)O. The minimum absolute atomic E-state index is 0.00636. The summed E-state index contributed by atoms with van der Waals surface area (Å²) in [4.78, 5) is 57.1. The molecule has 3 N–H and O–H groups in total. The zero-order valence-electron chi connectivity index (χ0n) is 18.0. The van der Waals surface area contributed by atoms with E-state index >= 15 is 0 Å². The highest BCUT2D eigenvalue weighted by Crippen LogP contribution is 2.18. The lowest BCUT2D eigenvalue weighted by Gasteiger charge is -2.26. The summed E-state index contributed by atoms with van der Waals surface area (Å²) < 4.78 is 0. The highest BCUT2D eigenvalue weighted by atomic mass is 16.6. The Labute approximate surface area is 184 Å². The van der Waals surface area contributed by atoms with Crippen LogP contribution in [0, 0.1) is 10.1 Å². The van der Waals surface area contributed by atoms with Gasteiger partial charge in [-0.25, -0.2) is 9.59 Å². The molecule has 0 aliphatic heterocycles. The van der Waals surface area contributed by atoms with Gasteiger partial charge in [-0.3, -0.25) is 19.7 Å². The largest absolute Gasteiger partial charge is 0.473 e. The lowest BCUT2D eigenvalue weighted by Crippen LogP contribution is -2.44. The molecule has 176 valence electrons. The zero-order chi connectivity index (χ0) is 24.3. The van der Waals surface area contributed by atoms with E-state index in [2.05, 4.69) is 10.2 Å². The summed E-state index contributed by atoms with van der Waals surface area (Å²) in [6.07, 6.45) is 1.98. The van der Waals surface area contributed by atoms with Crippen LogP contribution in [0.15, 0.2) is 24.3 Å². The maximum atomic E-state index is 12.8. The van der Waals surface area contributed by atoms with Gasteiger partial charge in [-0.1, -0.05) is 13.8 Å². The Kier molecular flexibility index (Phi) is 10.8. The first kappa shape index (κ1) is 26.5. The molecule has 0 saturated heterocycles. The topological polar surface area (TPSA) is 170 Å². The molecule has 12 heteroatoms. The zero-order valence-corrected chi connectivity index (χ0v) is 18.0. The highest BCUT2D eigenvalue weighted by molar-refractivity contribution is 6.27. The third-order valence-corrected chi connectivity index (χ3v) is 4.65. The molecule has 1 aromatic rings. The summed E-state index contributed by atoms with van der Waals surface area (Å²) in [6.45, 7) is 6.91. The van der Waals surface area contributed by atoms with Crippen molar-refractivity contribution in [2.75, 3.05) is 32.7 Å². The molecule has 1 saturated carbocycles.